The molecule has 98 valence electrons. The van der Waals surface area contributed by atoms with Gasteiger partial charge in [-0.3, -0.25) is 5.32 Å². The maximum absolute atomic E-state index is 11.5. The molecule has 0 saturated heterocycles. The molecule has 0 atom stereocenters. The van der Waals surface area contributed by atoms with Crippen molar-refractivity contribution < 1.29 is 10.0 Å². The Morgan fingerprint density at radius 3 is 3.05 bits per heavy atom. The van der Waals surface area contributed by atoms with Crippen molar-refractivity contribution in [3.05, 3.63) is 36.0 Å². The third-order valence-electron chi connectivity index (χ3n) is 2.56. The molecule has 6 heteroatoms. The van der Waals surface area contributed by atoms with Crippen LogP contribution in [0.25, 0.3) is 10.8 Å². The van der Waals surface area contributed by atoms with Gasteiger partial charge in [0.1, 0.15) is 5.82 Å². The molecule has 0 aliphatic rings. The second kappa shape index (κ2) is 5.81. The van der Waals surface area contributed by atoms with Gasteiger partial charge >= 0.3 is 6.03 Å². The number of benzene rings is 1. The van der Waals surface area contributed by atoms with Crippen molar-refractivity contribution in [2.75, 3.05) is 11.9 Å². The zero-order chi connectivity index (χ0) is 13.7. The summed E-state index contributed by atoms with van der Waals surface area (Å²) in [5.74, 6) is 0.496. The van der Waals surface area contributed by atoms with Crippen LogP contribution < -0.4 is 10.6 Å². The average Bonchev–Trinajstić information content (AvgIpc) is 2.39. The van der Waals surface area contributed by atoms with Crippen LogP contribution in [0.5, 0.6) is 0 Å². The van der Waals surface area contributed by atoms with Crippen LogP contribution in [0.3, 0.4) is 0 Å². The number of hydrogen-bond acceptors (Lipinski definition) is 4. The van der Waals surface area contributed by atoms with Crippen molar-refractivity contribution in [2.24, 2.45) is 5.16 Å². The van der Waals surface area contributed by atoms with E-state index >= 15 is 0 Å². The number of nitrogens with zero attached hydrogens (tertiary/aromatic N) is 2. The van der Waals surface area contributed by atoms with Crippen LogP contribution in [0.15, 0.2) is 35.6 Å². The number of anilines is 1. The monoisotopic (exact) mass is 258 g/mol. The number of carbonyl (C=O) groups is 1. The summed E-state index contributed by atoms with van der Waals surface area (Å²) >= 11 is 0. The lowest BCUT2D eigenvalue weighted by Crippen LogP contribution is -2.28. The van der Waals surface area contributed by atoms with Crippen molar-refractivity contribution in [2.45, 2.75) is 6.92 Å². The van der Waals surface area contributed by atoms with E-state index < -0.39 is 0 Å². The van der Waals surface area contributed by atoms with Gasteiger partial charge in [0.2, 0.25) is 0 Å². The van der Waals surface area contributed by atoms with Gasteiger partial charge in [-0.25, -0.2) is 9.78 Å². The van der Waals surface area contributed by atoms with E-state index in [0.717, 1.165) is 16.3 Å². The van der Waals surface area contributed by atoms with Crippen LogP contribution in [-0.2, 0) is 0 Å². The third-order valence-corrected chi connectivity index (χ3v) is 2.56. The molecule has 19 heavy (non-hydrogen) atoms. The van der Waals surface area contributed by atoms with Gasteiger partial charge in [0, 0.05) is 18.1 Å². The van der Waals surface area contributed by atoms with Gasteiger partial charge in [0.25, 0.3) is 0 Å². The summed E-state index contributed by atoms with van der Waals surface area (Å²) in [5, 5.41) is 18.6. The number of rotatable bonds is 3. The number of hydrogen-bond donors (Lipinski definition) is 3. The summed E-state index contributed by atoms with van der Waals surface area (Å²) < 4.78 is 0. The van der Waals surface area contributed by atoms with Gasteiger partial charge in [-0.1, -0.05) is 17.3 Å². The van der Waals surface area contributed by atoms with Crippen molar-refractivity contribution >= 4 is 28.8 Å². The Morgan fingerprint density at radius 1 is 1.47 bits per heavy atom. The van der Waals surface area contributed by atoms with E-state index in [1.54, 1.807) is 12.3 Å². The zero-order valence-corrected chi connectivity index (χ0v) is 10.4. The molecule has 1 heterocycles. The Kier molecular flexibility index (Phi) is 3.92. The minimum Gasteiger partial charge on any atom is -0.411 e. The fraction of sp³-hybridized carbons (Fsp3) is 0.154. The van der Waals surface area contributed by atoms with E-state index in [0.29, 0.717) is 12.4 Å². The number of urea groups is 1. The second-order valence-electron chi connectivity index (χ2n) is 3.87. The topological polar surface area (TPSA) is 86.6 Å². The van der Waals surface area contributed by atoms with Crippen LogP contribution in [0.1, 0.15) is 12.5 Å². The van der Waals surface area contributed by atoms with Crippen LogP contribution in [-0.4, -0.2) is 29.0 Å². The molecule has 0 bridgehead atoms. The summed E-state index contributed by atoms with van der Waals surface area (Å²) in [6.07, 6.45) is 2.96. The molecular weight excluding hydrogens is 244 g/mol. The SMILES string of the molecule is CCNC(=O)Nc1nccc2cc(/C=N/O)ccc12. The predicted molar refractivity (Wildman–Crippen MR) is 73.8 cm³/mol. The molecule has 2 aromatic rings. The highest BCUT2D eigenvalue weighted by molar-refractivity contribution is 6.01. The highest BCUT2D eigenvalue weighted by Crippen LogP contribution is 2.21. The van der Waals surface area contributed by atoms with Crippen molar-refractivity contribution in [1.29, 1.82) is 0 Å². The fourth-order valence-electron chi connectivity index (χ4n) is 1.76. The first kappa shape index (κ1) is 12.8. The second-order valence-corrected chi connectivity index (χ2v) is 3.87. The van der Waals surface area contributed by atoms with Crippen molar-refractivity contribution in [3.8, 4) is 0 Å². The van der Waals surface area contributed by atoms with E-state index in [4.69, 9.17) is 5.21 Å². The molecule has 1 aromatic carbocycles. The smallest absolute Gasteiger partial charge is 0.320 e. The number of pyridine rings is 1. The zero-order valence-electron chi connectivity index (χ0n) is 10.4. The van der Waals surface area contributed by atoms with Gasteiger partial charge in [-0.15, -0.1) is 0 Å². The van der Waals surface area contributed by atoms with E-state index in [-0.39, 0.29) is 6.03 Å². The molecule has 2 rings (SSSR count). The first-order chi connectivity index (χ1) is 9.24. The average molecular weight is 258 g/mol. The summed E-state index contributed by atoms with van der Waals surface area (Å²) in [5.41, 5.74) is 0.769. The minimum absolute atomic E-state index is 0.288. The molecule has 1 aromatic heterocycles. The Morgan fingerprint density at radius 2 is 2.32 bits per heavy atom. The Hall–Kier alpha value is -2.63. The number of fused-ring (bicyclic) bond motifs is 1. The van der Waals surface area contributed by atoms with Crippen molar-refractivity contribution in [1.82, 2.24) is 10.3 Å². The first-order valence-electron chi connectivity index (χ1n) is 5.85. The van der Waals surface area contributed by atoms with Crippen molar-refractivity contribution in [3.63, 3.8) is 0 Å². The molecule has 6 nitrogen and oxygen atoms in total. The Bertz CT molecular complexity index is 625. The highest BCUT2D eigenvalue weighted by atomic mass is 16.4. The lowest BCUT2D eigenvalue weighted by atomic mass is 10.1. The van der Waals surface area contributed by atoms with Crippen LogP contribution in [0.4, 0.5) is 10.6 Å². The van der Waals surface area contributed by atoms with E-state index in [2.05, 4.69) is 20.8 Å². The number of carbonyl (C=O) groups excluding carboxylic acids is 1. The summed E-state index contributed by atoms with van der Waals surface area (Å²) in [6, 6.07) is 6.99. The van der Waals surface area contributed by atoms with Gasteiger partial charge in [0.15, 0.2) is 0 Å². The van der Waals surface area contributed by atoms with Gasteiger partial charge in [-0.05, 0) is 30.0 Å². The first-order valence-corrected chi connectivity index (χ1v) is 5.85. The standard InChI is InChI=1S/C13H14N4O2/c1-2-14-13(18)17-12-11-4-3-9(8-16-19)7-10(11)5-6-15-12/h3-8,19H,2H2,1H3,(H2,14,15,17,18)/b16-8+. The van der Waals surface area contributed by atoms with Gasteiger partial charge < -0.3 is 10.5 Å². The lowest BCUT2D eigenvalue weighted by Gasteiger charge is -2.08. The maximum atomic E-state index is 11.5. The normalized spacial score (nSPS) is 10.8. The van der Waals surface area contributed by atoms with Crippen LogP contribution in [0, 0.1) is 0 Å². The molecule has 0 unspecified atom stereocenters. The lowest BCUT2D eigenvalue weighted by molar-refractivity contribution is 0.252. The largest absolute Gasteiger partial charge is 0.411 e. The van der Waals surface area contributed by atoms with E-state index in [1.807, 2.05) is 25.1 Å². The molecule has 3 N–H and O–H groups in total. The van der Waals surface area contributed by atoms with E-state index in [9.17, 15) is 4.79 Å². The molecule has 0 aliphatic carbocycles. The molecule has 0 fully saturated rings. The molecule has 0 spiro atoms. The number of nitrogens with one attached hydrogen (secondary N) is 2. The molecule has 0 aliphatic heterocycles. The summed E-state index contributed by atoms with van der Waals surface area (Å²) in [7, 11) is 0. The maximum Gasteiger partial charge on any atom is 0.320 e. The summed E-state index contributed by atoms with van der Waals surface area (Å²) in [4.78, 5) is 15.7. The van der Waals surface area contributed by atoms with E-state index in [1.165, 1.54) is 6.21 Å². The third kappa shape index (κ3) is 2.98. The Labute approximate surface area is 110 Å². The highest BCUT2D eigenvalue weighted by Gasteiger charge is 2.06. The Balaban J connectivity index is 2.37. The molecule has 0 saturated carbocycles. The minimum atomic E-state index is -0.288. The molecular formula is C13H14N4O2. The fourth-order valence-corrected chi connectivity index (χ4v) is 1.76. The van der Waals surface area contributed by atoms with Crippen LogP contribution >= 0.6 is 0 Å². The molecule has 2 amide bonds. The predicted octanol–water partition coefficient (Wildman–Crippen LogP) is 2.18. The van der Waals surface area contributed by atoms with Crippen LogP contribution in [0.2, 0.25) is 0 Å². The van der Waals surface area contributed by atoms with Gasteiger partial charge in [-0.2, -0.15) is 0 Å². The number of amides is 2. The molecule has 0 radical (unpaired) electrons. The quantitative estimate of drug-likeness (QED) is 0.448. The number of aromatic nitrogens is 1. The summed E-state index contributed by atoms with van der Waals surface area (Å²) in [6.45, 7) is 2.39. The van der Waals surface area contributed by atoms with Gasteiger partial charge in [0.05, 0.1) is 6.21 Å². The number of oxime groups is 1.